The van der Waals surface area contributed by atoms with Gasteiger partial charge in [0.15, 0.2) is 0 Å². The Balaban J connectivity index is 2.59. The summed E-state index contributed by atoms with van der Waals surface area (Å²) < 4.78 is 20.4. The number of ether oxygens (including phenoxy) is 1. The van der Waals surface area contributed by atoms with Crippen LogP contribution in [-0.4, -0.2) is 22.9 Å². The fraction of sp³-hybridized carbons (Fsp3) is 0.375. The summed E-state index contributed by atoms with van der Waals surface area (Å²) in [6.45, 7) is 6.05. The fourth-order valence-corrected chi connectivity index (χ4v) is 2.72. The summed E-state index contributed by atoms with van der Waals surface area (Å²) in [6, 6.07) is 6.20. The smallest absolute Gasteiger partial charge is 0.311 e. The number of hydrogen-bond acceptors (Lipinski definition) is 3. The molecule has 4 nitrogen and oxygen atoms in total. The number of nitrogens with zero attached hydrogens (tertiary/aromatic N) is 2. The van der Waals surface area contributed by atoms with Crippen molar-refractivity contribution in [2.75, 3.05) is 7.11 Å². The third-order valence-electron chi connectivity index (χ3n) is 3.19. The lowest BCUT2D eigenvalue weighted by Crippen LogP contribution is -2.24. The monoisotopic (exact) mass is 368 g/mol. The van der Waals surface area contributed by atoms with E-state index >= 15 is 0 Å². The zero-order chi connectivity index (χ0) is 16.5. The van der Waals surface area contributed by atoms with Crippen molar-refractivity contribution in [3.63, 3.8) is 0 Å². The van der Waals surface area contributed by atoms with Gasteiger partial charge in [-0.1, -0.05) is 0 Å². The van der Waals surface area contributed by atoms with Crippen molar-refractivity contribution >= 4 is 21.9 Å². The molecule has 1 heterocycles. The molecule has 2 rings (SSSR count). The Labute approximate surface area is 137 Å². The van der Waals surface area contributed by atoms with Gasteiger partial charge in [0.05, 0.1) is 34.9 Å². The van der Waals surface area contributed by atoms with E-state index in [0.29, 0.717) is 5.69 Å². The molecule has 0 saturated heterocycles. The summed E-state index contributed by atoms with van der Waals surface area (Å²) in [7, 11) is 1.35. The van der Waals surface area contributed by atoms with E-state index in [9.17, 15) is 9.18 Å². The first-order chi connectivity index (χ1) is 10.2. The molecule has 0 aliphatic carbocycles. The van der Waals surface area contributed by atoms with E-state index in [1.807, 2.05) is 25.5 Å². The van der Waals surface area contributed by atoms with E-state index in [2.05, 4.69) is 21.0 Å². The number of halogens is 2. The van der Waals surface area contributed by atoms with Gasteiger partial charge >= 0.3 is 5.97 Å². The molecule has 0 bridgehead atoms. The van der Waals surface area contributed by atoms with Gasteiger partial charge in [-0.05, 0) is 61.0 Å². The number of carbonyl (C=O) groups excluding carboxylic acids is 1. The Morgan fingerprint density at radius 2 is 1.91 bits per heavy atom. The van der Waals surface area contributed by atoms with Crippen LogP contribution < -0.4 is 0 Å². The molecule has 0 N–H and O–H groups in total. The number of esters is 1. The summed E-state index contributed by atoms with van der Waals surface area (Å²) in [5.41, 5.74) is 1.94. The van der Waals surface area contributed by atoms with Crippen molar-refractivity contribution < 1.29 is 13.9 Å². The minimum absolute atomic E-state index is 0.0777. The minimum atomic E-state index is -0.357. The average molecular weight is 369 g/mol. The van der Waals surface area contributed by atoms with Crippen molar-refractivity contribution in [1.29, 1.82) is 0 Å². The quantitative estimate of drug-likeness (QED) is 0.771. The van der Waals surface area contributed by atoms with Crippen molar-refractivity contribution in [3.05, 3.63) is 40.2 Å². The van der Waals surface area contributed by atoms with Gasteiger partial charge in [-0.2, -0.15) is 5.10 Å². The van der Waals surface area contributed by atoms with Crippen LogP contribution in [-0.2, 0) is 21.5 Å². The van der Waals surface area contributed by atoms with Crippen LogP contribution in [0.1, 0.15) is 26.5 Å². The van der Waals surface area contributed by atoms with Crippen LogP contribution in [0, 0.1) is 5.82 Å². The van der Waals surface area contributed by atoms with Crippen molar-refractivity contribution in [2.24, 2.45) is 0 Å². The molecule has 0 amide bonds. The molecular formula is C16H18BrFN2O2. The fourth-order valence-electron chi connectivity index (χ4n) is 2.11. The number of rotatable bonds is 3. The third kappa shape index (κ3) is 3.38. The van der Waals surface area contributed by atoms with Gasteiger partial charge in [0, 0.05) is 5.56 Å². The largest absolute Gasteiger partial charge is 0.469 e. The summed E-state index contributed by atoms with van der Waals surface area (Å²) >= 11 is 3.52. The van der Waals surface area contributed by atoms with Crippen LogP contribution in [0.4, 0.5) is 4.39 Å². The molecule has 22 heavy (non-hydrogen) atoms. The van der Waals surface area contributed by atoms with Crippen molar-refractivity contribution in [2.45, 2.75) is 32.7 Å². The Kier molecular flexibility index (Phi) is 4.70. The van der Waals surface area contributed by atoms with E-state index in [1.54, 1.807) is 12.1 Å². The molecule has 0 aliphatic rings. The highest BCUT2D eigenvalue weighted by atomic mass is 79.9. The standard InChI is InChI=1S/C16H18BrFN2O2/c1-16(2,3)20-15(10-5-7-11(18)8-6-10)14(17)12(19-20)9-13(21)22-4/h5-8H,9H2,1-4H3. The van der Waals surface area contributed by atoms with Crippen LogP contribution in [0.5, 0.6) is 0 Å². The minimum Gasteiger partial charge on any atom is -0.469 e. The topological polar surface area (TPSA) is 44.1 Å². The zero-order valence-electron chi connectivity index (χ0n) is 13.0. The second-order valence-corrected chi connectivity index (χ2v) is 6.74. The molecule has 0 saturated carbocycles. The average Bonchev–Trinajstić information content (AvgIpc) is 2.77. The van der Waals surface area contributed by atoms with E-state index in [-0.39, 0.29) is 23.7 Å². The first-order valence-corrected chi connectivity index (χ1v) is 7.64. The Hall–Kier alpha value is -1.69. The second kappa shape index (κ2) is 6.20. The van der Waals surface area contributed by atoms with Gasteiger partial charge in [-0.25, -0.2) is 4.39 Å². The Morgan fingerprint density at radius 1 is 1.32 bits per heavy atom. The predicted octanol–water partition coefficient (Wildman–Crippen LogP) is 3.92. The number of aromatic nitrogens is 2. The molecule has 0 unspecified atom stereocenters. The van der Waals surface area contributed by atoms with E-state index in [0.717, 1.165) is 15.7 Å². The number of methoxy groups -OCH3 is 1. The molecule has 2 aromatic rings. The zero-order valence-corrected chi connectivity index (χ0v) is 14.6. The van der Waals surface area contributed by atoms with Gasteiger partial charge < -0.3 is 4.74 Å². The van der Waals surface area contributed by atoms with E-state index in [4.69, 9.17) is 4.74 Å². The van der Waals surface area contributed by atoms with Crippen molar-refractivity contribution in [1.82, 2.24) is 9.78 Å². The lowest BCUT2D eigenvalue weighted by Gasteiger charge is -2.22. The van der Waals surface area contributed by atoms with Gasteiger partial charge in [-0.3, -0.25) is 9.48 Å². The Morgan fingerprint density at radius 3 is 2.41 bits per heavy atom. The first-order valence-electron chi connectivity index (χ1n) is 6.84. The van der Waals surface area contributed by atoms with Crippen LogP contribution in [0.3, 0.4) is 0 Å². The second-order valence-electron chi connectivity index (χ2n) is 5.95. The number of carbonyl (C=O) groups is 1. The molecule has 0 fully saturated rings. The predicted molar refractivity (Wildman–Crippen MR) is 86.0 cm³/mol. The molecular weight excluding hydrogens is 351 g/mol. The number of hydrogen-bond donors (Lipinski definition) is 0. The van der Waals surface area contributed by atoms with Gasteiger partial charge in [0.1, 0.15) is 5.82 Å². The molecule has 0 spiro atoms. The van der Waals surface area contributed by atoms with E-state index in [1.165, 1.54) is 19.2 Å². The first kappa shape index (κ1) is 16.7. The van der Waals surface area contributed by atoms with Crippen LogP contribution in [0.15, 0.2) is 28.7 Å². The van der Waals surface area contributed by atoms with Crippen molar-refractivity contribution in [3.8, 4) is 11.3 Å². The van der Waals surface area contributed by atoms with Crippen LogP contribution in [0.2, 0.25) is 0 Å². The lowest BCUT2D eigenvalue weighted by atomic mass is 10.1. The van der Waals surface area contributed by atoms with Gasteiger partial charge in [-0.15, -0.1) is 0 Å². The number of benzene rings is 1. The summed E-state index contributed by atoms with van der Waals surface area (Å²) in [5, 5.41) is 4.54. The maximum Gasteiger partial charge on any atom is 0.311 e. The molecule has 1 aromatic carbocycles. The molecule has 118 valence electrons. The molecule has 0 atom stereocenters. The maximum atomic E-state index is 13.2. The third-order valence-corrected chi connectivity index (χ3v) is 4.02. The molecule has 0 radical (unpaired) electrons. The Bertz CT molecular complexity index is 687. The van der Waals surface area contributed by atoms with Crippen LogP contribution >= 0.6 is 15.9 Å². The maximum absolute atomic E-state index is 13.2. The molecule has 1 aromatic heterocycles. The summed E-state index contributed by atoms with van der Waals surface area (Å²) in [6.07, 6.45) is 0.0777. The molecule has 6 heteroatoms. The highest BCUT2D eigenvalue weighted by Gasteiger charge is 2.26. The highest BCUT2D eigenvalue weighted by molar-refractivity contribution is 9.10. The highest BCUT2D eigenvalue weighted by Crippen LogP contribution is 2.35. The van der Waals surface area contributed by atoms with E-state index < -0.39 is 0 Å². The van der Waals surface area contributed by atoms with Gasteiger partial charge in [0.2, 0.25) is 0 Å². The summed E-state index contributed by atoms with van der Waals surface area (Å²) in [5.74, 6) is -0.651. The van der Waals surface area contributed by atoms with Crippen LogP contribution in [0.25, 0.3) is 11.3 Å². The summed E-state index contributed by atoms with van der Waals surface area (Å²) in [4.78, 5) is 11.5. The normalized spacial score (nSPS) is 11.5. The lowest BCUT2D eigenvalue weighted by molar-refractivity contribution is -0.139. The van der Waals surface area contributed by atoms with Gasteiger partial charge in [0.25, 0.3) is 0 Å². The SMILES string of the molecule is COC(=O)Cc1nn(C(C)(C)C)c(-c2ccc(F)cc2)c1Br. The molecule has 0 aliphatic heterocycles.